The van der Waals surface area contributed by atoms with Crippen molar-refractivity contribution in [1.82, 2.24) is 0 Å². The van der Waals surface area contributed by atoms with Crippen LogP contribution in [0.1, 0.15) is 5.56 Å². The summed E-state index contributed by atoms with van der Waals surface area (Å²) in [6, 6.07) is 4.18. The topological polar surface area (TPSA) is 84.9 Å². The molecule has 0 amide bonds. The third kappa shape index (κ3) is 1.77. The Morgan fingerprint density at radius 2 is 2.33 bits per heavy atom. The molecule has 0 atom stereocenters. The Morgan fingerprint density at radius 1 is 1.58 bits per heavy atom. The van der Waals surface area contributed by atoms with Crippen LogP contribution in [-0.2, 0) is 11.4 Å². The number of benzene rings is 1. The first-order valence-corrected chi connectivity index (χ1v) is 3.25. The highest BCUT2D eigenvalue weighted by molar-refractivity contribution is 5.46. The molecule has 12 heavy (non-hydrogen) atoms. The summed E-state index contributed by atoms with van der Waals surface area (Å²) >= 11 is 0. The van der Waals surface area contributed by atoms with Gasteiger partial charge in [0.2, 0.25) is 0 Å². The van der Waals surface area contributed by atoms with Crippen LogP contribution in [0.5, 0.6) is 5.75 Å². The van der Waals surface area contributed by atoms with E-state index < -0.39 is 0 Å². The standard InChI is InChI=1S/C7H8N2O3/c8-12-4-5-3-6(9-11)1-2-7(5)10/h1-3,10H,4,8H2. The van der Waals surface area contributed by atoms with Crippen LogP contribution in [0.3, 0.4) is 0 Å². The smallest absolute Gasteiger partial charge is 0.121 e. The van der Waals surface area contributed by atoms with Crippen molar-refractivity contribution in [3.8, 4) is 5.75 Å². The van der Waals surface area contributed by atoms with Crippen LogP contribution in [0, 0.1) is 4.91 Å². The average molecular weight is 168 g/mol. The quantitative estimate of drug-likeness (QED) is 0.524. The van der Waals surface area contributed by atoms with Crippen LogP contribution in [0.15, 0.2) is 23.4 Å². The fraction of sp³-hybridized carbons (Fsp3) is 0.143. The van der Waals surface area contributed by atoms with Crippen LogP contribution in [-0.4, -0.2) is 5.11 Å². The van der Waals surface area contributed by atoms with Crippen molar-refractivity contribution in [2.75, 3.05) is 0 Å². The predicted octanol–water partition coefficient (Wildman–Crippen LogP) is 1.18. The second-order valence-corrected chi connectivity index (χ2v) is 2.22. The SMILES string of the molecule is NOCc1cc(N=O)ccc1O. The molecule has 3 N–H and O–H groups in total. The van der Waals surface area contributed by atoms with Crippen molar-refractivity contribution >= 4 is 5.69 Å². The Kier molecular flexibility index (Phi) is 2.73. The van der Waals surface area contributed by atoms with Crippen molar-refractivity contribution in [1.29, 1.82) is 0 Å². The number of nitrogens with two attached hydrogens (primary N) is 1. The van der Waals surface area contributed by atoms with E-state index in [0.717, 1.165) is 0 Å². The lowest BCUT2D eigenvalue weighted by atomic mass is 10.2. The number of rotatable bonds is 3. The van der Waals surface area contributed by atoms with Gasteiger partial charge < -0.3 is 5.11 Å². The number of hydrogen-bond donors (Lipinski definition) is 2. The highest BCUT2D eigenvalue weighted by Gasteiger charge is 2.02. The minimum atomic E-state index is 0.0350. The molecule has 0 radical (unpaired) electrons. The Bertz CT molecular complexity index is 288. The fourth-order valence-corrected chi connectivity index (χ4v) is 0.834. The Balaban J connectivity index is 2.99. The molecule has 0 aromatic heterocycles. The monoisotopic (exact) mass is 168 g/mol. The lowest BCUT2D eigenvalue weighted by molar-refractivity contribution is 0.122. The molecule has 64 valence electrons. The van der Waals surface area contributed by atoms with Gasteiger partial charge in [0.05, 0.1) is 6.61 Å². The maximum Gasteiger partial charge on any atom is 0.121 e. The van der Waals surface area contributed by atoms with E-state index in [9.17, 15) is 10.0 Å². The normalized spacial score (nSPS) is 9.75. The molecular weight excluding hydrogens is 160 g/mol. The van der Waals surface area contributed by atoms with E-state index in [1.54, 1.807) is 0 Å². The zero-order valence-electron chi connectivity index (χ0n) is 6.23. The summed E-state index contributed by atoms with van der Waals surface area (Å²) < 4.78 is 0. The van der Waals surface area contributed by atoms with Crippen LogP contribution in [0.4, 0.5) is 5.69 Å². The largest absolute Gasteiger partial charge is 0.508 e. The van der Waals surface area contributed by atoms with E-state index in [1.807, 2.05) is 0 Å². The number of aromatic hydroxyl groups is 1. The summed E-state index contributed by atoms with van der Waals surface area (Å²) in [4.78, 5) is 14.4. The Hall–Kier alpha value is -1.46. The average Bonchev–Trinajstić information content (AvgIpc) is 2.09. The van der Waals surface area contributed by atoms with Crippen molar-refractivity contribution in [2.24, 2.45) is 11.1 Å². The highest BCUT2D eigenvalue weighted by Crippen LogP contribution is 2.23. The summed E-state index contributed by atoms with van der Waals surface area (Å²) in [5, 5.41) is 11.9. The minimum absolute atomic E-state index is 0.0350. The zero-order chi connectivity index (χ0) is 8.97. The number of nitroso groups, excluding NO2 is 1. The van der Waals surface area contributed by atoms with Crippen LogP contribution >= 0.6 is 0 Å². The first kappa shape index (κ1) is 8.63. The molecule has 5 nitrogen and oxygen atoms in total. The summed E-state index contributed by atoms with van der Waals surface area (Å²) in [6.07, 6.45) is 0. The number of nitrogens with zero attached hydrogens (tertiary/aromatic N) is 1. The van der Waals surface area contributed by atoms with Crippen molar-refractivity contribution in [3.63, 3.8) is 0 Å². The molecule has 0 heterocycles. The molecule has 1 rings (SSSR count). The molecule has 5 heteroatoms. The molecule has 0 aliphatic carbocycles. The van der Waals surface area contributed by atoms with Crippen LogP contribution < -0.4 is 5.90 Å². The van der Waals surface area contributed by atoms with Crippen LogP contribution in [0.25, 0.3) is 0 Å². The Morgan fingerprint density at radius 3 is 2.92 bits per heavy atom. The van der Waals surface area contributed by atoms with E-state index in [1.165, 1.54) is 18.2 Å². The van der Waals surface area contributed by atoms with Gasteiger partial charge in [-0.2, -0.15) is 0 Å². The molecule has 0 unspecified atom stereocenters. The van der Waals surface area contributed by atoms with E-state index in [0.29, 0.717) is 5.56 Å². The number of phenols is 1. The molecule has 0 saturated carbocycles. The Labute approximate surface area is 68.7 Å². The van der Waals surface area contributed by atoms with Gasteiger partial charge in [0.1, 0.15) is 11.4 Å². The van der Waals surface area contributed by atoms with Gasteiger partial charge >= 0.3 is 0 Å². The number of phenolic OH excluding ortho intramolecular Hbond substituents is 1. The first-order chi connectivity index (χ1) is 5.77. The second kappa shape index (κ2) is 3.80. The fourth-order valence-electron chi connectivity index (χ4n) is 0.834. The van der Waals surface area contributed by atoms with Crippen LogP contribution in [0.2, 0.25) is 0 Å². The summed E-state index contributed by atoms with van der Waals surface area (Å²) in [7, 11) is 0. The van der Waals surface area contributed by atoms with Gasteiger partial charge in [0.15, 0.2) is 0 Å². The highest BCUT2D eigenvalue weighted by atomic mass is 16.6. The molecule has 0 fully saturated rings. The molecule has 1 aromatic carbocycles. The molecule has 0 aliphatic rings. The van der Waals surface area contributed by atoms with Gasteiger partial charge in [-0.15, -0.1) is 4.91 Å². The van der Waals surface area contributed by atoms with Crippen molar-refractivity contribution in [2.45, 2.75) is 6.61 Å². The van der Waals surface area contributed by atoms with E-state index >= 15 is 0 Å². The van der Waals surface area contributed by atoms with Gasteiger partial charge in [-0.3, -0.25) is 4.84 Å². The van der Waals surface area contributed by atoms with Gasteiger partial charge in [0.25, 0.3) is 0 Å². The molecule has 0 spiro atoms. The zero-order valence-corrected chi connectivity index (χ0v) is 6.23. The lowest BCUT2D eigenvalue weighted by Gasteiger charge is -2.01. The summed E-state index contributed by atoms with van der Waals surface area (Å²) in [5.41, 5.74) is 0.675. The number of hydrogen-bond acceptors (Lipinski definition) is 5. The predicted molar refractivity (Wildman–Crippen MR) is 42.5 cm³/mol. The molecular formula is C7H8N2O3. The maximum absolute atomic E-state index is 10.1. The second-order valence-electron chi connectivity index (χ2n) is 2.22. The third-order valence-corrected chi connectivity index (χ3v) is 1.41. The van der Waals surface area contributed by atoms with E-state index in [-0.39, 0.29) is 18.0 Å². The molecule has 0 bridgehead atoms. The van der Waals surface area contributed by atoms with Gasteiger partial charge in [-0.1, -0.05) is 0 Å². The summed E-state index contributed by atoms with van der Waals surface area (Å²) in [5.74, 6) is 4.84. The molecule has 0 saturated heterocycles. The summed E-state index contributed by atoms with van der Waals surface area (Å²) in [6.45, 7) is 0.0508. The van der Waals surface area contributed by atoms with Crippen molar-refractivity contribution in [3.05, 3.63) is 28.7 Å². The van der Waals surface area contributed by atoms with Gasteiger partial charge in [-0.05, 0) is 23.4 Å². The minimum Gasteiger partial charge on any atom is -0.508 e. The van der Waals surface area contributed by atoms with Gasteiger partial charge in [-0.25, -0.2) is 5.90 Å². The first-order valence-electron chi connectivity index (χ1n) is 3.25. The van der Waals surface area contributed by atoms with E-state index in [2.05, 4.69) is 10.0 Å². The van der Waals surface area contributed by atoms with Gasteiger partial charge in [0, 0.05) is 5.56 Å². The lowest BCUT2D eigenvalue weighted by Crippen LogP contribution is -1.98. The third-order valence-electron chi connectivity index (χ3n) is 1.41. The molecule has 0 aliphatic heterocycles. The van der Waals surface area contributed by atoms with Crippen molar-refractivity contribution < 1.29 is 9.94 Å². The maximum atomic E-state index is 10.1. The molecule has 1 aromatic rings. The van der Waals surface area contributed by atoms with E-state index in [4.69, 9.17) is 5.90 Å².